The first-order chi connectivity index (χ1) is 18.6. The van der Waals surface area contributed by atoms with Gasteiger partial charge < -0.3 is 14.8 Å². The lowest BCUT2D eigenvalue weighted by Gasteiger charge is -2.30. The van der Waals surface area contributed by atoms with Gasteiger partial charge in [-0.25, -0.2) is 9.37 Å². The molecule has 0 aliphatic rings. The molecule has 0 fully saturated rings. The van der Waals surface area contributed by atoms with Gasteiger partial charge in [0.2, 0.25) is 12.7 Å². The van der Waals surface area contributed by atoms with Crippen molar-refractivity contribution in [2.45, 2.75) is 50.9 Å². The largest absolute Gasteiger partial charge is 0.463 e. The van der Waals surface area contributed by atoms with E-state index >= 15 is 0 Å². The first-order valence-electron chi connectivity index (χ1n) is 12.6. The molecule has 6 nitrogen and oxygen atoms in total. The molecule has 0 aliphatic heterocycles. The Balaban J connectivity index is 1.79. The zero-order valence-electron chi connectivity index (χ0n) is 22.8. The highest BCUT2D eigenvalue weighted by Crippen LogP contribution is 2.30. The lowest BCUT2D eigenvalue weighted by molar-refractivity contribution is -0.138. The third-order valence-electron chi connectivity index (χ3n) is 5.91. The van der Waals surface area contributed by atoms with Gasteiger partial charge in [0.1, 0.15) is 8.49 Å². The first kappa shape index (κ1) is 25.5. The Bertz CT molecular complexity index is 1350. The molecule has 1 amide bonds. The number of nitrogens with one attached hydrogen (secondary N) is 1. The van der Waals surface area contributed by atoms with Crippen LogP contribution in [-0.2, 0) is 17.4 Å². The molecule has 3 rings (SSSR count). The molecule has 2 atom stereocenters. The van der Waals surface area contributed by atoms with E-state index in [-0.39, 0.29) is 17.5 Å². The molecular weight excluding hydrogens is 501 g/mol. The maximum absolute atomic E-state index is 13.2. The number of hydrogen-bond donors (Lipinski definition) is 1. The van der Waals surface area contributed by atoms with Crippen molar-refractivity contribution < 1.29 is 34.6 Å². The summed E-state index contributed by atoms with van der Waals surface area (Å²) in [4.78, 5) is 16.9. The van der Waals surface area contributed by atoms with Crippen LogP contribution in [0.2, 0.25) is 0 Å². The molecule has 10 heteroatoms. The number of rotatable bonds is 10. The van der Waals surface area contributed by atoms with E-state index in [0.717, 1.165) is 23.3 Å². The van der Waals surface area contributed by atoms with Crippen LogP contribution in [-0.4, -0.2) is 29.3 Å². The van der Waals surface area contributed by atoms with Crippen LogP contribution in [0.15, 0.2) is 66.9 Å². The van der Waals surface area contributed by atoms with E-state index in [1.54, 1.807) is 37.3 Å². The van der Waals surface area contributed by atoms with Crippen molar-refractivity contribution in [2.75, 3.05) is 6.81 Å². The van der Waals surface area contributed by atoms with E-state index in [2.05, 4.69) is 21.1 Å². The molecule has 1 N–H and O–H groups in total. The topological polar surface area (TPSA) is 84.2 Å². The maximum atomic E-state index is 13.2. The van der Waals surface area contributed by atoms with Crippen molar-refractivity contribution in [2.24, 2.45) is 0 Å². The second kappa shape index (κ2) is 11.9. The maximum Gasteiger partial charge on any atom is 0.417 e. The van der Waals surface area contributed by atoms with Gasteiger partial charge in [0, 0.05) is 24.2 Å². The quantitative estimate of drug-likeness (QED) is 0.327. The molecule has 0 bridgehead atoms. The highest BCUT2D eigenvalue weighted by Gasteiger charge is 2.34. The van der Waals surface area contributed by atoms with Crippen molar-refractivity contribution in [3.63, 3.8) is 0 Å². The lowest BCUT2D eigenvalue weighted by atomic mass is 9.85. The summed E-state index contributed by atoms with van der Waals surface area (Å²) in [6.07, 6.45) is -3.55. The normalized spacial score (nSPS) is 14.4. The Morgan fingerprint density at radius 2 is 1.87 bits per heavy atom. The predicted octanol–water partition coefficient (Wildman–Crippen LogP) is 5.97. The number of aromatic nitrogens is 1. The standard InChI is InChI=1S/C28H27F4N3O3/c1-18(35-26(36)27(2,3)38-25-12-9-22(16-34-25)28(30,31)32)24(21-6-4-5-20(13-21)15-33)14-19-7-10-23(11-8-19)37-17-29/h4-13,16,18,24H,14,17H2,1-3H3,(H,35,36)/t18-,24+/m0/s1/i17D2,29-1. The van der Waals surface area contributed by atoms with E-state index in [9.17, 15) is 27.6 Å². The number of pyridine rings is 1. The Hall–Kier alpha value is -4.13. The summed E-state index contributed by atoms with van der Waals surface area (Å²) in [5.74, 6) is -1.05. The second-order valence-corrected chi connectivity index (χ2v) is 9.13. The lowest BCUT2D eigenvalue weighted by Crippen LogP contribution is -2.51. The van der Waals surface area contributed by atoms with Gasteiger partial charge in [0.25, 0.3) is 5.91 Å². The highest BCUT2D eigenvalue weighted by atomic mass is 19.4. The van der Waals surface area contributed by atoms with Crippen LogP contribution >= 0.6 is 0 Å². The number of amides is 1. The number of halogens is 4. The van der Waals surface area contributed by atoms with Crippen molar-refractivity contribution in [3.05, 3.63) is 89.1 Å². The van der Waals surface area contributed by atoms with Crippen LogP contribution in [0, 0.1) is 11.3 Å². The molecule has 38 heavy (non-hydrogen) atoms. The zero-order chi connectivity index (χ0) is 29.7. The Morgan fingerprint density at radius 1 is 1.16 bits per heavy atom. The summed E-state index contributed by atoms with van der Waals surface area (Å²) in [7, 11) is 0. The average Bonchev–Trinajstić information content (AvgIpc) is 2.86. The number of nitriles is 1. The Morgan fingerprint density at radius 3 is 2.45 bits per heavy atom. The molecule has 1 aromatic heterocycles. The first-order valence-corrected chi connectivity index (χ1v) is 11.6. The van der Waals surface area contributed by atoms with E-state index in [1.807, 2.05) is 6.07 Å². The number of carbonyl (C=O) groups excluding carboxylic acids is 1. The molecule has 200 valence electrons. The summed E-state index contributed by atoms with van der Waals surface area (Å²) >= 11 is 0. The van der Waals surface area contributed by atoms with Crippen LogP contribution in [0.1, 0.15) is 51.7 Å². The molecule has 3 aromatic rings. The molecule has 2 aromatic carbocycles. The van der Waals surface area contributed by atoms with Crippen LogP contribution < -0.4 is 14.8 Å². The third kappa shape index (κ3) is 7.44. The van der Waals surface area contributed by atoms with E-state index in [0.29, 0.717) is 18.2 Å². The molecule has 0 saturated carbocycles. The minimum Gasteiger partial charge on any atom is -0.463 e. The van der Waals surface area contributed by atoms with Crippen LogP contribution in [0.5, 0.6) is 11.6 Å². The minimum atomic E-state index is -4.56. The van der Waals surface area contributed by atoms with E-state index in [4.69, 9.17) is 7.48 Å². The zero-order valence-corrected chi connectivity index (χ0v) is 20.8. The number of benzene rings is 2. The number of carbonyl (C=O) groups is 1. The smallest absolute Gasteiger partial charge is 0.417 e. The van der Waals surface area contributed by atoms with Gasteiger partial charge in [-0.2, -0.15) is 18.4 Å². The van der Waals surface area contributed by atoms with E-state index in [1.165, 1.54) is 26.0 Å². The number of hydrogen-bond acceptors (Lipinski definition) is 5. The van der Waals surface area contributed by atoms with Gasteiger partial charge in [-0.05, 0) is 68.7 Å². The van der Waals surface area contributed by atoms with Crippen molar-refractivity contribution >= 4 is 5.91 Å². The Labute approximate surface area is 221 Å². The monoisotopic (exact) mass is 530 g/mol. The SMILES string of the molecule is [2H]C([2H])([18F])Oc1ccc(C[C@@H](c2cccc(C#N)c2)[C@H](C)NC(=O)C(C)(C)Oc2ccc(C(F)(F)F)cn2)cc1. The number of nitrogens with zero attached hydrogens (tertiary/aromatic N) is 2. The molecular formula is C28H27F4N3O3. The summed E-state index contributed by atoms with van der Waals surface area (Å²) < 4.78 is 75.7. The molecule has 0 spiro atoms. The Kier molecular flexibility index (Phi) is 8.02. The fourth-order valence-electron chi connectivity index (χ4n) is 3.81. The summed E-state index contributed by atoms with van der Waals surface area (Å²) in [5.41, 5.74) is -0.488. The van der Waals surface area contributed by atoms with Crippen LogP contribution in [0.3, 0.4) is 0 Å². The summed E-state index contributed by atoms with van der Waals surface area (Å²) in [5, 5.41) is 12.3. The molecule has 0 radical (unpaired) electrons. The third-order valence-corrected chi connectivity index (χ3v) is 5.91. The minimum absolute atomic E-state index is 0.00333. The van der Waals surface area contributed by atoms with Gasteiger partial charge in [0.15, 0.2) is 5.60 Å². The fraction of sp³-hybridized carbons (Fsp3) is 0.321. The fourth-order valence-corrected chi connectivity index (χ4v) is 3.81. The molecule has 1 heterocycles. The van der Waals surface area contributed by atoms with Gasteiger partial charge >= 0.3 is 6.18 Å². The second-order valence-electron chi connectivity index (χ2n) is 9.13. The van der Waals surface area contributed by atoms with Gasteiger partial charge in [-0.3, -0.25) is 4.79 Å². The van der Waals surface area contributed by atoms with E-state index < -0.39 is 36.1 Å². The molecule has 0 unspecified atom stereocenters. The van der Waals surface area contributed by atoms with Gasteiger partial charge in [-0.15, -0.1) is 0 Å². The molecule has 0 aliphatic carbocycles. The van der Waals surface area contributed by atoms with Crippen LogP contribution in [0.25, 0.3) is 0 Å². The number of alkyl halides is 4. The predicted molar refractivity (Wildman–Crippen MR) is 132 cm³/mol. The van der Waals surface area contributed by atoms with Gasteiger partial charge in [-0.1, -0.05) is 24.3 Å². The van der Waals surface area contributed by atoms with Gasteiger partial charge in [0.05, 0.1) is 17.2 Å². The molecule has 0 saturated heterocycles. The van der Waals surface area contributed by atoms with Crippen molar-refractivity contribution in [1.82, 2.24) is 10.3 Å². The van der Waals surface area contributed by atoms with Crippen LogP contribution in [0.4, 0.5) is 17.6 Å². The number of ether oxygens (including phenoxy) is 2. The average molecular weight is 531 g/mol. The highest BCUT2D eigenvalue weighted by molar-refractivity contribution is 5.85. The van der Waals surface area contributed by atoms with Crippen molar-refractivity contribution in [3.8, 4) is 17.7 Å². The summed E-state index contributed by atoms with van der Waals surface area (Å²) in [6.45, 7) is 1.36. The van der Waals surface area contributed by atoms with Crippen molar-refractivity contribution in [1.29, 1.82) is 5.26 Å². The summed E-state index contributed by atoms with van der Waals surface area (Å²) in [6, 6.07) is 16.4.